The highest BCUT2D eigenvalue weighted by atomic mass is 79.9. The lowest BCUT2D eigenvalue weighted by molar-refractivity contribution is -0.742. The van der Waals surface area contributed by atoms with Gasteiger partial charge in [0, 0.05) is 16.5 Å². The van der Waals surface area contributed by atoms with E-state index in [0.717, 1.165) is 22.9 Å². The molecule has 3 atom stereocenters. The number of nitrogens with one attached hydrogen (secondary N) is 1. The van der Waals surface area contributed by atoms with Gasteiger partial charge >= 0.3 is 5.97 Å². The summed E-state index contributed by atoms with van der Waals surface area (Å²) in [6.07, 6.45) is 4.79. The van der Waals surface area contributed by atoms with Crippen LogP contribution in [0, 0.1) is 28.6 Å². The summed E-state index contributed by atoms with van der Waals surface area (Å²) < 4.78 is 7.71. The molecule has 0 saturated heterocycles. The van der Waals surface area contributed by atoms with Crippen molar-refractivity contribution >= 4 is 27.8 Å². The third-order valence-electron chi connectivity index (χ3n) is 6.35. The van der Waals surface area contributed by atoms with Crippen LogP contribution in [0.3, 0.4) is 0 Å². The first-order chi connectivity index (χ1) is 16.9. The number of carbonyl (C=O) groups is 1. The van der Waals surface area contributed by atoms with Gasteiger partial charge in [0.15, 0.2) is 12.4 Å². The standard InChI is InChI=1S/C26H22BrN5O3/c1-2-35-25(33)17-4-3-11-32(15-17)24-22(16-5-9-20(27)10-6-16)21(14-30)23(18(12-28)13-29)31-26(24,34)19-7-8-19/h3-6,9-11,15,19,22,24,31,34H,2,7-8H2,1H3. The third-order valence-corrected chi connectivity index (χ3v) is 6.88. The number of halogens is 1. The molecule has 1 saturated carbocycles. The van der Waals surface area contributed by atoms with Crippen LogP contribution in [0.4, 0.5) is 0 Å². The van der Waals surface area contributed by atoms with Crippen LogP contribution < -0.4 is 9.88 Å². The summed E-state index contributed by atoms with van der Waals surface area (Å²) in [5, 5.41) is 44.6. The number of allylic oxidation sites excluding steroid dienone is 2. The monoisotopic (exact) mass is 531 g/mol. The highest BCUT2D eigenvalue weighted by molar-refractivity contribution is 9.10. The predicted molar refractivity (Wildman–Crippen MR) is 129 cm³/mol. The SMILES string of the molecule is CCOC(=O)c1ccc[n+](C2C(c3ccc(Br)cc3)C(C#N)=C(C(=C=[N-])C#N)NC2(O)C2CC2)c1. The zero-order valence-corrected chi connectivity index (χ0v) is 20.5. The van der Waals surface area contributed by atoms with Gasteiger partial charge in [0.1, 0.15) is 11.6 Å². The second-order valence-electron chi connectivity index (χ2n) is 8.46. The predicted octanol–water partition coefficient (Wildman–Crippen LogP) is 3.41. The molecule has 1 aliphatic carbocycles. The molecular formula is C26H22BrN5O3. The van der Waals surface area contributed by atoms with Gasteiger partial charge in [0.05, 0.1) is 35.4 Å². The number of benzene rings is 1. The molecular weight excluding hydrogens is 510 g/mol. The average molecular weight is 532 g/mol. The number of carbonyl (C=O) groups excluding carboxylic acids is 1. The summed E-state index contributed by atoms with van der Waals surface area (Å²) in [5.74, 6) is 0.460. The summed E-state index contributed by atoms with van der Waals surface area (Å²) in [6, 6.07) is 13.9. The van der Waals surface area contributed by atoms with E-state index in [9.17, 15) is 25.8 Å². The molecule has 1 aromatic carbocycles. The van der Waals surface area contributed by atoms with Gasteiger partial charge in [0.25, 0.3) is 0 Å². The number of esters is 1. The molecule has 1 fully saturated rings. The molecule has 1 aliphatic heterocycles. The van der Waals surface area contributed by atoms with Crippen LogP contribution in [-0.2, 0) is 4.74 Å². The molecule has 3 unspecified atom stereocenters. The molecule has 0 spiro atoms. The molecule has 1 aromatic heterocycles. The molecule has 9 heteroatoms. The lowest BCUT2D eigenvalue weighted by atomic mass is 9.73. The van der Waals surface area contributed by atoms with Crippen molar-refractivity contribution in [1.82, 2.24) is 5.32 Å². The topological polar surface area (TPSA) is 132 Å². The molecule has 2 aromatic rings. The van der Waals surface area contributed by atoms with Gasteiger partial charge in [-0.1, -0.05) is 28.1 Å². The lowest BCUT2D eigenvalue weighted by Gasteiger charge is -2.43. The molecule has 0 bridgehead atoms. The van der Waals surface area contributed by atoms with E-state index in [1.165, 1.54) is 0 Å². The number of rotatable bonds is 6. The number of pyridine rings is 1. The van der Waals surface area contributed by atoms with Crippen LogP contribution in [-0.4, -0.2) is 29.3 Å². The minimum absolute atomic E-state index is 0.0400. The minimum atomic E-state index is -1.59. The normalized spacial score (nSPS) is 23.3. The number of nitrogens with zero attached hydrogens (tertiary/aromatic N) is 4. The Balaban J connectivity index is 2.00. The van der Waals surface area contributed by atoms with Crippen molar-refractivity contribution in [2.45, 2.75) is 37.5 Å². The number of nitriles is 2. The Kier molecular flexibility index (Phi) is 6.86. The number of aliphatic hydroxyl groups is 1. The Morgan fingerprint density at radius 2 is 2.03 bits per heavy atom. The van der Waals surface area contributed by atoms with E-state index in [4.69, 9.17) is 4.74 Å². The summed E-state index contributed by atoms with van der Waals surface area (Å²) in [6.45, 7) is 1.94. The van der Waals surface area contributed by atoms with E-state index >= 15 is 0 Å². The molecule has 176 valence electrons. The van der Waals surface area contributed by atoms with E-state index in [0.29, 0.717) is 5.56 Å². The van der Waals surface area contributed by atoms with Crippen molar-refractivity contribution in [2.24, 2.45) is 5.92 Å². The van der Waals surface area contributed by atoms with Crippen molar-refractivity contribution in [1.29, 1.82) is 10.5 Å². The molecule has 2 heterocycles. The Morgan fingerprint density at radius 3 is 2.60 bits per heavy atom. The van der Waals surface area contributed by atoms with E-state index < -0.39 is 23.7 Å². The number of hydrogen-bond acceptors (Lipinski definition) is 6. The van der Waals surface area contributed by atoms with Crippen LogP contribution >= 0.6 is 15.9 Å². The van der Waals surface area contributed by atoms with Crippen LogP contribution in [0.25, 0.3) is 5.41 Å². The van der Waals surface area contributed by atoms with Gasteiger partial charge in [-0.3, -0.25) is 0 Å². The molecule has 2 N–H and O–H groups in total. The first-order valence-electron chi connectivity index (χ1n) is 11.1. The minimum Gasteiger partial charge on any atom is -0.762 e. The van der Waals surface area contributed by atoms with Gasteiger partial charge in [-0.2, -0.15) is 15.1 Å². The maximum Gasteiger partial charge on any atom is 0.344 e. The van der Waals surface area contributed by atoms with E-state index in [2.05, 4.69) is 27.3 Å². The van der Waals surface area contributed by atoms with Crippen LogP contribution in [0.5, 0.6) is 0 Å². The summed E-state index contributed by atoms with van der Waals surface area (Å²) >= 11 is 3.43. The third kappa shape index (κ3) is 4.50. The summed E-state index contributed by atoms with van der Waals surface area (Å²) in [4.78, 5) is 12.5. The van der Waals surface area contributed by atoms with E-state index in [1.54, 1.807) is 36.0 Å². The van der Waals surface area contributed by atoms with Gasteiger partial charge in [-0.05, 0) is 43.5 Å². The summed E-state index contributed by atoms with van der Waals surface area (Å²) in [5.41, 5.74) is -0.641. The van der Waals surface area contributed by atoms with E-state index in [-0.39, 0.29) is 29.4 Å². The van der Waals surface area contributed by atoms with Crippen molar-refractivity contribution in [3.05, 3.63) is 86.6 Å². The summed E-state index contributed by atoms with van der Waals surface area (Å²) in [7, 11) is 0. The number of ether oxygens (including phenoxy) is 1. The second kappa shape index (κ2) is 9.85. The second-order valence-corrected chi connectivity index (χ2v) is 9.37. The maximum atomic E-state index is 12.5. The van der Waals surface area contributed by atoms with Crippen LogP contribution in [0.2, 0.25) is 0 Å². The quantitative estimate of drug-likeness (QED) is 0.254. The zero-order valence-electron chi connectivity index (χ0n) is 18.9. The lowest BCUT2D eigenvalue weighted by Crippen LogP contribution is -2.66. The van der Waals surface area contributed by atoms with E-state index in [1.807, 2.05) is 36.2 Å². The first-order valence-corrected chi connectivity index (χ1v) is 11.9. The maximum absolute atomic E-state index is 12.5. The van der Waals surface area contributed by atoms with Crippen molar-refractivity contribution in [3.8, 4) is 12.1 Å². The fourth-order valence-electron chi connectivity index (χ4n) is 4.65. The first kappa shape index (κ1) is 24.4. The molecule has 0 radical (unpaired) electrons. The Bertz CT molecular complexity index is 1330. The van der Waals surface area contributed by atoms with Crippen molar-refractivity contribution < 1.29 is 19.2 Å². The van der Waals surface area contributed by atoms with Crippen LogP contribution in [0.1, 0.15) is 47.6 Å². The number of aromatic nitrogens is 1. The van der Waals surface area contributed by atoms with Gasteiger partial charge in [-0.25, -0.2) is 10.7 Å². The highest BCUT2D eigenvalue weighted by Gasteiger charge is 2.61. The highest BCUT2D eigenvalue weighted by Crippen LogP contribution is 2.52. The fraction of sp³-hybridized carbons (Fsp3) is 0.308. The molecule has 8 nitrogen and oxygen atoms in total. The molecule has 2 aliphatic rings. The van der Waals surface area contributed by atoms with Gasteiger partial charge in [0.2, 0.25) is 11.8 Å². The fourth-order valence-corrected chi connectivity index (χ4v) is 4.92. The zero-order chi connectivity index (χ0) is 25.2. The molecule has 0 amide bonds. The Labute approximate surface area is 211 Å². The van der Waals surface area contributed by atoms with Crippen molar-refractivity contribution in [3.63, 3.8) is 0 Å². The Hall–Kier alpha value is -3.75. The number of hydrogen-bond donors (Lipinski definition) is 2. The smallest absolute Gasteiger partial charge is 0.344 e. The molecule has 35 heavy (non-hydrogen) atoms. The van der Waals surface area contributed by atoms with Gasteiger partial charge in [-0.15, -0.1) is 0 Å². The largest absolute Gasteiger partial charge is 0.762 e. The molecule has 4 rings (SSSR count). The van der Waals surface area contributed by atoms with Crippen LogP contribution in [0.15, 0.2) is 70.1 Å². The van der Waals surface area contributed by atoms with Crippen molar-refractivity contribution in [2.75, 3.05) is 6.61 Å². The Morgan fingerprint density at radius 1 is 1.31 bits per heavy atom. The average Bonchev–Trinajstić information content (AvgIpc) is 3.71. The van der Waals surface area contributed by atoms with Gasteiger partial charge < -0.3 is 20.6 Å².